The van der Waals surface area contributed by atoms with E-state index in [-0.39, 0.29) is 24.2 Å². The molecule has 1 aliphatic heterocycles. The number of carbonyl (C=O) groups is 1. The molecule has 1 aromatic rings. The van der Waals surface area contributed by atoms with Gasteiger partial charge in [-0.1, -0.05) is 29.8 Å². The molecule has 0 bridgehead atoms. The smallest absolute Gasteiger partial charge is 0.241 e. The molecular formula is C15H22N2O2. The number of ether oxygens (including phenoxy) is 1. The molecular weight excluding hydrogens is 240 g/mol. The van der Waals surface area contributed by atoms with Crippen LogP contribution >= 0.6 is 0 Å². The van der Waals surface area contributed by atoms with Gasteiger partial charge in [0.15, 0.2) is 0 Å². The Hall–Kier alpha value is -1.39. The van der Waals surface area contributed by atoms with Crippen LogP contribution in [0.2, 0.25) is 0 Å². The van der Waals surface area contributed by atoms with Gasteiger partial charge >= 0.3 is 0 Å². The highest BCUT2D eigenvalue weighted by atomic mass is 16.5. The second-order valence-corrected chi connectivity index (χ2v) is 5.25. The van der Waals surface area contributed by atoms with Crippen molar-refractivity contribution in [3.63, 3.8) is 0 Å². The molecule has 1 saturated heterocycles. The number of aryl methyl sites for hydroxylation is 1. The van der Waals surface area contributed by atoms with Crippen LogP contribution in [-0.4, -0.2) is 36.6 Å². The second kappa shape index (κ2) is 5.72. The van der Waals surface area contributed by atoms with Crippen molar-refractivity contribution in [1.82, 2.24) is 10.2 Å². The maximum Gasteiger partial charge on any atom is 0.241 e. The third-order valence-corrected chi connectivity index (χ3v) is 3.55. The Bertz CT molecular complexity index is 461. The average Bonchev–Trinajstić information content (AvgIpc) is 2.66. The van der Waals surface area contributed by atoms with E-state index in [1.807, 2.05) is 24.8 Å². The summed E-state index contributed by atoms with van der Waals surface area (Å²) in [5.41, 5.74) is 2.33. The van der Waals surface area contributed by atoms with Gasteiger partial charge in [-0.25, -0.2) is 0 Å². The lowest BCUT2D eigenvalue weighted by Crippen LogP contribution is -2.40. The minimum Gasteiger partial charge on any atom is -0.383 e. The van der Waals surface area contributed by atoms with Crippen LogP contribution in [0.25, 0.3) is 0 Å². The highest BCUT2D eigenvalue weighted by Gasteiger charge is 2.39. The minimum atomic E-state index is -0.148. The zero-order valence-electron chi connectivity index (χ0n) is 12.0. The van der Waals surface area contributed by atoms with Gasteiger partial charge in [-0.05, 0) is 26.3 Å². The third kappa shape index (κ3) is 2.80. The Balaban J connectivity index is 2.29. The predicted molar refractivity (Wildman–Crippen MR) is 74.7 cm³/mol. The van der Waals surface area contributed by atoms with E-state index in [1.54, 1.807) is 7.11 Å². The fourth-order valence-electron chi connectivity index (χ4n) is 2.63. The van der Waals surface area contributed by atoms with Crippen LogP contribution in [0.1, 0.15) is 31.1 Å². The van der Waals surface area contributed by atoms with Crippen LogP contribution in [0.5, 0.6) is 0 Å². The Morgan fingerprint density at radius 2 is 2.21 bits per heavy atom. The molecule has 2 rings (SSSR count). The van der Waals surface area contributed by atoms with Gasteiger partial charge in [0.05, 0.1) is 18.7 Å². The van der Waals surface area contributed by atoms with Crippen LogP contribution in [0, 0.1) is 6.92 Å². The average molecular weight is 262 g/mol. The van der Waals surface area contributed by atoms with Crippen molar-refractivity contribution in [3.8, 4) is 0 Å². The Kier molecular flexibility index (Phi) is 4.22. The van der Waals surface area contributed by atoms with Crippen molar-refractivity contribution in [2.45, 2.75) is 39.0 Å². The van der Waals surface area contributed by atoms with E-state index in [1.165, 1.54) is 5.56 Å². The molecule has 0 saturated carbocycles. The number of nitrogens with zero attached hydrogens (tertiary/aromatic N) is 1. The fraction of sp³-hybridized carbons (Fsp3) is 0.533. The van der Waals surface area contributed by atoms with E-state index >= 15 is 0 Å². The first kappa shape index (κ1) is 14.0. The number of benzene rings is 1. The zero-order valence-corrected chi connectivity index (χ0v) is 12.0. The number of amides is 1. The van der Waals surface area contributed by atoms with E-state index in [9.17, 15) is 4.79 Å². The van der Waals surface area contributed by atoms with Crippen molar-refractivity contribution in [3.05, 3.63) is 35.4 Å². The Morgan fingerprint density at radius 3 is 2.84 bits per heavy atom. The first-order valence-corrected chi connectivity index (χ1v) is 6.68. The van der Waals surface area contributed by atoms with Crippen LogP contribution in [-0.2, 0) is 9.53 Å². The number of hydrogen-bond acceptors (Lipinski definition) is 3. The molecule has 19 heavy (non-hydrogen) atoms. The molecule has 0 aliphatic carbocycles. The lowest BCUT2D eigenvalue weighted by atomic mass is 10.1. The van der Waals surface area contributed by atoms with E-state index in [0.29, 0.717) is 6.61 Å². The van der Waals surface area contributed by atoms with Crippen LogP contribution in [0.4, 0.5) is 0 Å². The molecule has 3 atom stereocenters. The molecule has 1 amide bonds. The van der Waals surface area contributed by atoms with Crippen LogP contribution < -0.4 is 5.32 Å². The third-order valence-electron chi connectivity index (χ3n) is 3.55. The van der Waals surface area contributed by atoms with Gasteiger partial charge in [-0.15, -0.1) is 0 Å². The van der Waals surface area contributed by atoms with Crippen LogP contribution in [0.15, 0.2) is 24.3 Å². The van der Waals surface area contributed by atoms with Crippen molar-refractivity contribution < 1.29 is 9.53 Å². The molecule has 3 unspecified atom stereocenters. The molecule has 0 aromatic heterocycles. The summed E-state index contributed by atoms with van der Waals surface area (Å²) in [6.45, 7) is 6.53. The first-order valence-electron chi connectivity index (χ1n) is 6.68. The monoisotopic (exact) mass is 262 g/mol. The molecule has 1 aliphatic rings. The Labute approximate surface area is 114 Å². The van der Waals surface area contributed by atoms with E-state index in [2.05, 4.69) is 30.4 Å². The van der Waals surface area contributed by atoms with Gasteiger partial charge in [-0.2, -0.15) is 0 Å². The molecule has 104 valence electrons. The molecule has 4 nitrogen and oxygen atoms in total. The fourth-order valence-corrected chi connectivity index (χ4v) is 2.63. The summed E-state index contributed by atoms with van der Waals surface area (Å²) in [6.07, 6.45) is -0.0625. The van der Waals surface area contributed by atoms with E-state index in [0.717, 1.165) is 5.56 Å². The zero-order chi connectivity index (χ0) is 14.0. The normalized spacial score (nSPS) is 24.8. The summed E-state index contributed by atoms with van der Waals surface area (Å²) in [6, 6.07) is 8.18. The molecule has 1 fully saturated rings. The van der Waals surface area contributed by atoms with Crippen molar-refractivity contribution in [1.29, 1.82) is 0 Å². The maximum absolute atomic E-state index is 12.3. The van der Waals surface area contributed by atoms with Gasteiger partial charge < -0.3 is 9.64 Å². The highest BCUT2D eigenvalue weighted by Crippen LogP contribution is 2.28. The predicted octanol–water partition coefficient (Wildman–Crippen LogP) is 1.85. The van der Waals surface area contributed by atoms with Gasteiger partial charge in [0.1, 0.15) is 6.17 Å². The topological polar surface area (TPSA) is 41.6 Å². The molecule has 0 spiro atoms. The standard InChI is InChI=1S/C15H22N2O2/c1-10-6-5-7-13(8-10)14-16-12(3)15(18)17(14)11(2)9-19-4/h5-8,11-12,14,16H,9H2,1-4H3. The molecule has 4 heteroatoms. The quantitative estimate of drug-likeness (QED) is 0.900. The van der Waals surface area contributed by atoms with Crippen LogP contribution in [0.3, 0.4) is 0 Å². The molecule has 1 N–H and O–H groups in total. The summed E-state index contributed by atoms with van der Waals surface area (Å²) >= 11 is 0. The molecule has 1 aromatic carbocycles. The van der Waals surface area contributed by atoms with E-state index in [4.69, 9.17) is 4.74 Å². The summed E-state index contributed by atoms with van der Waals surface area (Å²) in [5, 5.41) is 3.36. The van der Waals surface area contributed by atoms with Gasteiger partial charge in [0.2, 0.25) is 5.91 Å². The SMILES string of the molecule is COCC(C)N1C(=O)C(C)NC1c1cccc(C)c1. The summed E-state index contributed by atoms with van der Waals surface area (Å²) in [7, 11) is 1.66. The lowest BCUT2D eigenvalue weighted by Gasteiger charge is -2.30. The Morgan fingerprint density at radius 1 is 1.47 bits per heavy atom. The van der Waals surface area contributed by atoms with Crippen molar-refractivity contribution >= 4 is 5.91 Å². The number of carbonyl (C=O) groups excluding carboxylic acids is 1. The number of nitrogens with one attached hydrogen (secondary N) is 1. The number of hydrogen-bond donors (Lipinski definition) is 1. The summed E-state index contributed by atoms with van der Waals surface area (Å²) in [5.74, 6) is 0.135. The maximum atomic E-state index is 12.3. The summed E-state index contributed by atoms with van der Waals surface area (Å²) < 4.78 is 5.19. The van der Waals surface area contributed by atoms with E-state index < -0.39 is 0 Å². The number of rotatable bonds is 4. The van der Waals surface area contributed by atoms with Gasteiger partial charge in [-0.3, -0.25) is 10.1 Å². The first-order chi connectivity index (χ1) is 9.04. The molecule has 0 radical (unpaired) electrons. The van der Waals surface area contributed by atoms with Gasteiger partial charge in [0.25, 0.3) is 0 Å². The highest BCUT2D eigenvalue weighted by molar-refractivity contribution is 5.84. The van der Waals surface area contributed by atoms with Gasteiger partial charge in [0, 0.05) is 7.11 Å². The minimum absolute atomic E-state index is 0.0560. The lowest BCUT2D eigenvalue weighted by molar-refractivity contribution is -0.132. The van der Waals surface area contributed by atoms with Crippen molar-refractivity contribution in [2.75, 3.05) is 13.7 Å². The second-order valence-electron chi connectivity index (χ2n) is 5.25. The summed E-state index contributed by atoms with van der Waals surface area (Å²) in [4.78, 5) is 14.2. The van der Waals surface area contributed by atoms with Crippen molar-refractivity contribution in [2.24, 2.45) is 0 Å². The largest absolute Gasteiger partial charge is 0.383 e. The molecule has 1 heterocycles. The number of methoxy groups -OCH3 is 1.